The Bertz CT molecular complexity index is 572. The van der Waals surface area contributed by atoms with Gasteiger partial charge in [-0.3, -0.25) is 9.59 Å². The lowest BCUT2D eigenvalue weighted by atomic mass is 10.1. The molecule has 2 atom stereocenters. The zero-order valence-corrected chi connectivity index (χ0v) is 13.7. The van der Waals surface area contributed by atoms with Crippen molar-refractivity contribution in [2.24, 2.45) is 5.73 Å². The van der Waals surface area contributed by atoms with E-state index in [4.69, 9.17) is 5.73 Å². The van der Waals surface area contributed by atoms with E-state index in [9.17, 15) is 19.5 Å². The number of nitrogens with two attached hydrogens (primary N) is 1. The number of rotatable bonds is 8. The lowest BCUT2D eigenvalue weighted by Gasteiger charge is -2.17. The monoisotopic (exact) mass is 338 g/mol. The first-order valence-electron chi connectivity index (χ1n) is 7.36. The van der Waals surface area contributed by atoms with Crippen LogP contribution in [0.4, 0.5) is 0 Å². The number of esters is 2. The summed E-state index contributed by atoms with van der Waals surface area (Å²) in [5.74, 6) is -1.51. The molecule has 0 heterocycles. The minimum absolute atomic E-state index is 0.0284. The van der Waals surface area contributed by atoms with Gasteiger partial charge in [-0.1, -0.05) is 12.1 Å². The van der Waals surface area contributed by atoms with Gasteiger partial charge in [-0.05, 0) is 24.1 Å². The Kier molecular flexibility index (Phi) is 7.70. The van der Waals surface area contributed by atoms with Gasteiger partial charge in [0.1, 0.15) is 17.8 Å². The number of methoxy groups -OCH3 is 2. The maximum absolute atomic E-state index is 12.0. The highest BCUT2D eigenvalue weighted by molar-refractivity contribution is 5.85. The molecule has 8 nitrogen and oxygen atoms in total. The number of hydrogen-bond donors (Lipinski definition) is 3. The zero-order chi connectivity index (χ0) is 18.1. The van der Waals surface area contributed by atoms with Crippen LogP contribution in [0, 0.1) is 0 Å². The van der Waals surface area contributed by atoms with Crippen molar-refractivity contribution >= 4 is 17.8 Å². The number of carbonyl (C=O) groups is 3. The summed E-state index contributed by atoms with van der Waals surface area (Å²) in [4.78, 5) is 35.0. The summed E-state index contributed by atoms with van der Waals surface area (Å²) in [6.07, 6.45) is 0.284. The maximum Gasteiger partial charge on any atom is 0.328 e. The van der Waals surface area contributed by atoms with E-state index >= 15 is 0 Å². The van der Waals surface area contributed by atoms with Gasteiger partial charge >= 0.3 is 11.9 Å². The molecule has 8 heteroatoms. The van der Waals surface area contributed by atoms with Gasteiger partial charge in [0.2, 0.25) is 5.91 Å². The van der Waals surface area contributed by atoms with Crippen LogP contribution < -0.4 is 11.1 Å². The number of phenols is 1. The molecule has 0 aromatic heterocycles. The first kappa shape index (κ1) is 19.4. The Hall–Kier alpha value is -2.61. The third-order valence-corrected chi connectivity index (χ3v) is 3.38. The Morgan fingerprint density at radius 2 is 1.71 bits per heavy atom. The standard InChI is InChI=1S/C16H22N2O6/c1-23-15(21)12(17)7-8-14(20)18-13(16(22)24-2)9-10-3-5-11(19)6-4-10/h3-6,12-13,19H,7-9,17H2,1-2H3,(H,18,20). The van der Waals surface area contributed by atoms with E-state index in [2.05, 4.69) is 14.8 Å². The highest BCUT2D eigenvalue weighted by atomic mass is 16.5. The van der Waals surface area contributed by atoms with Crippen LogP contribution in [0.15, 0.2) is 24.3 Å². The summed E-state index contributed by atoms with van der Waals surface area (Å²) in [6, 6.07) is 4.49. The summed E-state index contributed by atoms with van der Waals surface area (Å²) in [5, 5.41) is 11.8. The predicted molar refractivity (Wildman–Crippen MR) is 85.0 cm³/mol. The van der Waals surface area contributed by atoms with Crippen LogP contribution in [0.25, 0.3) is 0 Å². The van der Waals surface area contributed by atoms with E-state index in [1.54, 1.807) is 12.1 Å². The molecule has 0 saturated heterocycles. The van der Waals surface area contributed by atoms with Crippen LogP contribution >= 0.6 is 0 Å². The molecule has 0 aliphatic rings. The van der Waals surface area contributed by atoms with Crippen molar-refractivity contribution in [2.45, 2.75) is 31.3 Å². The van der Waals surface area contributed by atoms with Gasteiger partial charge in [0.05, 0.1) is 14.2 Å². The molecule has 0 aliphatic heterocycles. The van der Waals surface area contributed by atoms with Gasteiger partial charge in [-0.15, -0.1) is 0 Å². The molecule has 4 N–H and O–H groups in total. The molecule has 0 bridgehead atoms. The van der Waals surface area contributed by atoms with E-state index in [0.29, 0.717) is 0 Å². The first-order valence-corrected chi connectivity index (χ1v) is 7.36. The van der Waals surface area contributed by atoms with E-state index in [1.165, 1.54) is 26.4 Å². The Labute approximate surface area is 139 Å². The molecule has 0 fully saturated rings. The molecule has 1 amide bonds. The average molecular weight is 338 g/mol. The second-order valence-electron chi connectivity index (χ2n) is 5.18. The molecule has 0 spiro atoms. The lowest BCUT2D eigenvalue weighted by Crippen LogP contribution is -2.43. The highest BCUT2D eigenvalue weighted by Gasteiger charge is 2.23. The van der Waals surface area contributed by atoms with Crippen LogP contribution in [0.5, 0.6) is 5.75 Å². The van der Waals surface area contributed by atoms with Crippen LogP contribution in [-0.4, -0.2) is 49.3 Å². The zero-order valence-electron chi connectivity index (χ0n) is 13.7. The van der Waals surface area contributed by atoms with Gasteiger partial charge in [-0.25, -0.2) is 4.79 Å². The normalized spacial score (nSPS) is 12.8. The molecule has 0 saturated carbocycles. The van der Waals surface area contributed by atoms with E-state index in [-0.39, 0.29) is 25.0 Å². The third kappa shape index (κ3) is 6.25. The van der Waals surface area contributed by atoms with E-state index in [1.807, 2.05) is 0 Å². The molecule has 1 aromatic rings. The number of hydrogen-bond acceptors (Lipinski definition) is 7. The summed E-state index contributed by atoms with van der Waals surface area (Å²) in [5.41, 5.74) is 6.31. The summed E-state index contributed by atoms with van der Waals surface area (Å²) >= 11 is 0. The fraction of sp³-hybridized carbons (Fsp3) is 0.438. The van der Waals surface area contributed by atoms with Crippen molar-refractivity contribution in [2.75, 3.05) is 14.2 Å². The average Bonchev–Trinajstić information content (AvgIpc) is 2.59. The van der Waals surface area contributed by atoms with Crippen LogP contribution in [0.1, 0.15) is 18.4 Å². The van der Waals surface area contributed by atoms with Crippen molar-refractivity contribution in [3.63, 3.8) is 0 Å². The van der Waals surface area contributed by atoms with Crippen LogP contribution in [0.3, 0.4) is 0 Å². The Morgan fingerprint density at radius 3 is 2.25 bits per heavy atom. The van der Waals surface area contributed by atoms with Gasteiger partial charge in [-0.2, -0.15) is 0 Å². The van der Waals surface area contributed by atoms with E-state index < -0.39 is 29.9 Å². The van der Waals surface area contributed by atoms with Crippen molar-refractivity contribution in [1.82, 2.24) is 5.32 Å². The molecule has 0 aliphatic carbocycles. The first-order chi connectivity index (χ1) is 11.4. The van der Waals surface area contributed by atoms with Crippen molar-refractivity contribution < 1.29 is 29.0 Å². The van der Waals surface area contributed by atoms with Crippen molar-refractivity contribution in [3.8, 4) is 5.75 Å². The number of amides is 1. The van der Waals surface area contributed by atoms with Crippen molar-refractivity contribution in [1.29, 1.82) is 0 Å². The summed E-state index contributed by atoms with van der Waals surface area (Å²) in [7, 11) is 2.44. The molecular formula is C16H22N2O6. The number of aromatic hydroxyl groups is 1. The predicted octanol–water partition coefficient (Wildman–Crippen LogP) is -0.127. The van der Waals surface area contributed by atoms with E-state index in [0.717, 1.165) is 5.56 Å². The third-order valence-electron chi connectivity index (χ3n) is 3.38. The number of benzene rings is 1. The molecule has 2 unspecified atom stereocenters. The fourth-order valence-corrected chi connectivity index (χ4v) is 2.03. The number of ether oxygens (including phenoxy) is 2. The number of carbonyl (C=O) groups excluding carboxylic acids is 3. The SMILES string of the molecule is COC(=O)C(N)CCC(=O)NC(Cc1ccc(O)cc1)C(=O)OC. The smallest absolute Gasteiger partial charge is 0.328 e. The quantitative estimate of drug-likeness (QED) is 0.563. The second kappa shape index (κ2) is 9.51. The second-order valence-corrected chi connectivity index (χ2v) is 5.18. The van der Waals surface area contributed by atoms with Gasteiger partial charge < -0.3 is 25.6 Å². The molecule has 24 heavy (non-hydrogen) atoms. The lowest BCUT2D eigenvalue weighted by molar-refractivity contribution is -0.145. The molecular weight excluding hydrogens is 316 g/mol. The summed E-state index contributed by atoms with van der Waals surface area (Å²) < 4.78 is 9.17. The minimum Gasteiger partial charge on any atom is -0.508 e. The van der Waals surface area contributed by atoms with Crippen LogP contribution in [0.2, 0.25) is 0 Å². The van der Waals surface area contributed by atoms with Crippen molar-refractivity contribution in [3.05, 3.63) is 29.8 Å². The molecule has 1 aromatic carbocycles. The fourth-order valence-electron chi connectivity index (χ4n) is 2.03. The molecule has 132 valence electrons. The largest absolute Gasteiger partial charge is 0.508 e. The number of nitrogens with one attached hydrogen (secondary N) is 1. The maximum atomic E-state index is 12.0. The summed E-state index contributed by atoms with van der Waals surface area (Å²) in [6.45, 7) is 0. The molecule has 1 rings (SSSR count). The topological polar surface area (TPSA) is 128 Å². The Balaban J connectivity index is 2.62. The minimum atomic E-state index is -0.894. The highest BCUT2D eigenvalue weighted by Crippen LogP contribution is 2.12. The van der Waals surface area contributed by atoms with Gasteiger partial charge in [0.25, 0.3) is 0 Å². The Morgan fingerprint density at radius 1 is 1.12 bits per heavy atom. The number of phenolic OH excluding ortho intramolecular Hbond substituents is 1. The van der Waals surface area contributed by atoms with Crippen LogP contribution in [-0.2, 0) is 30.3 Å². The molecule has 0 radical (unpaired) electrons. The van der Waals surface area contributed by atoms with Gasteiger partial charge in [0.15, 0.2) is 0 Å². The van der Waals surface area contributed by atoms with Gasteiger partial charge in [0, 0.05) is 12.8 Å².